The van der Waals surface area contributed by atoms with Gasteiger partial charge in [0.15, 0.2) is 6.61 Å². The summed E-state index contributed by atoms with van der Waals surface area (Å²) in [6.07, 6.45) is 0.601. The van der Waals surface area contributed by atoms with Gasteiger partial charge in [0.1, 0.15) is 5.75 Å². The van der Waals surface area contributed by atoms with Crippen LogP contribution in [0, 0.1) is 0 Å². The number of likely N-dealkylation sites (tertiary alicyclic amines) is 1. The van der Waals surface area contributed by atoms with Crippen molar-refractivity contribution in [3.63, 3.8) is 0 Å². The van der Waals surface area contributed by atoms with Crippen molar-refractivity contribution in [1.29, 1.82) is 0 Å². The SMILES string of the molecule is CN(C)S(=O)(=O)NC1CCN(C(=O)COc2ccccc2)C1. The molecule has 1 heterocycles. The molecule has 1 N–H and O–H groups in total. The molecular formula is C14H21N3O4S. The predicted octanol–water partition coefficient (Wildman–Crippen LogP) is 0.0623. The van der Waals surface area contributed by atoms with Gasteiger partial charge in [-0.15, -0.1) is 0 Å². The number of hydrogen-bond donors (Lipinski definition) is 1. The van der Waals surface area contributed by atoms with Crippen LogP contribution >= 0.6 is 0 Å². The molecule has 1 fully saturated rings. The van der Waals surface area contributed by atoms with Gasteiger partial charge in [-0.1, -0.05) is 18.2 Å². The quantitative estimate of drug-likeness (QED) is 0.801. The monoisotopic (exact) mass is 327 g/mol. The maximum absolute atomic E-state index is 12.1. The van der Waals surface area contributed by atoms with E-state index < -0.39 is 10.2 Å². The molecule has 0 spiro atoms. The largest absolute Gasteiger partial charge is 0.484 e. The van der Waals surface area contributed by atoms with Crippen molar-refractivity contribution >= 4 is 16.1 Å². The van der Waals surface area contributed by atoms with Gasteiger partial charge in [0.2, 0.25) is 0 Å². The molecule has 1 amide bonds. The Morgan fingerprint density at radius 1 is 1.36 bits per heavy atom. The van der Waals surface area contributed by atoms with Crippen molar-refractivity contribution in [2.45, 2.75) is 12.5 Å². The summed E-state index contributed by atoms with van der Waals surface area (Å²) in [6.45, 7) is 0.846. The smallest absolute Gasteiger partial charge is 0.279 e. The van der Waals surface area contributed by atoms with Crippen LogP contribution in [0.1, 0.15) is 6.42 Å². The Kier molecular flexibility index (Phi) is 5.38. The van der Waals surface area contributed by atoms with Crippen LogP contribution in [-0.4, -0.2) is 63.4 Å². The van der Waals surface area contributed by atoms with Gasteiger partial charge in [-0.2, -0.15) is 17.4 Å². The van der Waals surface area contributed by atoms with E-state index in [-0.39, 0.29) is 18.6 Å². The van der Waals surface area contributed by atoms with Crippen LogP contribution in [-0.2, 0) is 15.0 Å². The number of hydrogen-bond acceptors (Lipinski definition) is 4. The lowest BCUT2D eigenvalue weighted by molar-refractivity contribution is -0.132. The third-order valence-corrected chi connectivity index (χ3v) is 5.04. The molecule has 8 heteroatoms. The first kappa shape index (κ1) is 16.7. The molecule has 1 aliphatic heterocycles. The second-order valence-electron chi connectivity index (χ2n) is 5.33. The first-order valence-corrected chi connectivity index (χ1v) is 8.48. The molecule has 122 valence electrons. The molecule has 22 heavy (non-hydrogen) atoms. The number of ether oxygens (including phenoxy) is 1. The molecule has 2 rings (SSSR count). The van der Waals surface area contributed by atoms with Crippen molar-refractivity contribution in [1.82, 2.24) is 13.9 Å². The first-order valence-electron chi connectivity index (χ1n) is 7.04. The van der Waals surface area contributed by atoms with Crippen LogP contribution in [0.15, 0.2) is 30.3 Å². The third kappa shape index (κ3) is 4.43. The Hall–Kier alpha value is -1.64. The van der Waals surface area contributed by atoms with Gasteiger partial charge < -0.3 is 9.64 Å². The fourth-order valence-electron chi connectivity index (χ4n) is 2.15. The zero-order chi connectivity index (χ0) is 16.2. The highest BCUT2D eigenvalue weighted by Gasteiger charge is 2.29. The van der Waals surface area contributed by atoms with Gasteiger partial charge in [0, 0.05) is 33.2 Å². The summed E-state index contributed by atoms with van der Waals surface area (Å²) in [5.74, 6) is 0.496. The predicted molar refractivity (Wildman–Crippen MR) is 82.7 cm³/mol. The molecule has 0 radical (unpaired) electrons. The Morgan fingerprint density at radius 3 is 2.68 bits per heavy atom. The van der Waals surface area contributed by atoms with Crippen molar-refractivity contribution in [3.05, 3.63) is 30.3 Å². The summed E-state index contributed by atoms with van der Waals surface area (Å²) in [5, 5.41) is 0. The first-order chi connectivity index (χ1) is 10.4. The van der Waals surface area contributed by atoms with Gasteiger partial charge in [-0.3, -0.25) is 4.79 Å². The fourth-order valence-corrected chi connectivity index (χ4v) is 2.98. The molecule has 1 saturated heterocycles. The average molecular weight is 327 g/mol. The second kappa shape index (κ2) is 7.08. The van der Waals surface area contributed by atoms with Crippen molar-refractivity contribution in [2.24, 2.45) is 0 Å². The van der Waals surface area contributed by atoms with Crippen LogP contribution in [0.3, 0.4) is 0 Å². The molecular weight excluding hydrogens is 306 g/mol. The number of para-hydroxylation sites is 1. The Bertz CT molecular complexity index is 604. The number of rotatable bonds is 6. The molecule has 0 aliphatic carbocycles. The molecule has 1 aromatic rings. The summed E-state index contributed by atoms with van der Waals surface area (Å²) in [7, 11) is -0.540. The van der Waals surface area contributed by atoms with E-state index in [1.165, 1.54) is 14.1 Å². The van der Waals surface area contributed by atoms with E-state index in [1.54, 1.807) is 17.0 Å². The van der Waals surface area contributed by atoms with E-state index in [9.17, 15) is 13.2 Å². The van der Waals surface area contributed by atoms with Crippen LogP contribution in [0.25, 0.3) is 0 Å². The van der Waals surface area contributed by atoms with Gasteiger partial charge in [-0.25, -0.2) is 0 Å². The Morgan fingerprint density at radius 2 is 2.05 bits per heavy atom. The second-order valence-corrected chi connectivity index (χ2v) is 7.25. The lowest BCUT2D eigenvalue weighted by Crippen LogP contribution is -2.44. The summed E-state index contributed by atoms with van der Waals surface area (Å²) < 4.78 is 32.6. The topological polar surface area (TPSA) is 79.0 Å². The summed E-state index contributed by atoms with van der Waals surface area (Å²) in [4.78, 5) is 13.7. The van der Waals surface area contributed by atoms with E-state index >= 15 is 0 Å². The molecule has 1 aromatic carbocycles. The molecule has 0 aromatic heterocycles. The number of benzene rings is 1. The van der Waals surface area contributed by atoms with Gasteiger partial charge >= 0.3 is 0 Å². The molecule has 1 unspecified atom stereocenters. The highest BCUT2D eigenvalue weighted by atomic mass is 32.2. The van der Waals surface area contributed by atoms with E-state index in [2.05, 4.69) is 4.72 Å². The maximum atomic E-state index is 12.1. The number of carbonyl (C=O) groups excluding carboxylic acids is 1. The summed E-state index contributed by atoms with van der Waals surface area (Å²) >= 11 is 0. The number of carbonyl (C=O) groups is 1. The van der Waals surface area contributed by atoms with Crippen LogP contribution in [0.2, 0.25) is 0 Å². The highest BCUT2D eigenvalue weighted by Crippen LogP contribution is 2.13. The normalized spacial score (nSPS) is 18.7. The van der Waals surface area contributed by atoms with Crippen molar-refractivity contribution < 1.29 is 17.9 Å². The maximum Gasteiger partial charge on any atom is 0.279 e. The summed E-state index contributed by atoms with van der Waals surface area (Å²) in [6, 6.07) is 8.85. The van der Waals surface area contributed by atoms with Crippen LogP contribution in [0.4, 0.5) is 0 Å². The fraction of sp³-hybridized carbons (Fsp3) is 0.500. The lowest BCUT2D eigenvalue weighted by atomic mass is 10.3. The van der Waals surface area contributed by atoms with E-state index in [4.69, 9.17) is 4.74 Å². The van der Waals surface area contributed by atoms with Gasteiger partial charge in [0.25, 0.3) is 16.1 Å². The summed E-state index contributed by atoms with van der Waals surface area (Å²) in [5.41, 5.74) is 0. The average Bonchev–Trinajstić information content (AvgIpc) is 2.93. The highest BCUT2D eigenvalue weighted by molar-refractivity contribution is 7.87. The standard InChI is InChI=1S/C14H21N3O4S/c1-16(2)22(19,20)15-12-8-9-17(10-12)14(18)11-21-13-6-4-3-5-7-13/h3-7,12,15H,8-11H2,1-2H3. The minimum Gasteiger partial charge on any atom is -0.484 e. The molecule has 0 bridgehead atoms. The minimum absolute atomic E-state index is 0.0445. The molecule has 1 aliphatic rings. The van der Waals surface area contributed by atoms with Crippen molar-refractivity contribution in [3.8, 4) is 5.75 Å². The van der Waals surface area contributed by atoms with Gasteiger partial charge in [0.05, 0.1) is 0 Å². The third-order valence-electron chi connectivity index (χ3n) is 3.44. The zero-order valence-corrected chi connectivity index (χ0v) is 13.5. The minimum atomic E-state index is -3.47. The Labute approximate surface area is 131 Å². The zero-order valence-electron chi connectivity index (χ0n) is 12.7. The van der Waals surface area contributed by atoms with Crippen LogP contribution in [0.5, 0.6) is 5.75 Å². The van der Waals surface area contributed by atoms with E-state index in [1.807, 2.05) is 18.2 Å². The van der Waals surface area contributed by atoms with Gasteiger partial charge in [-0.05, 0) is 18.6 Å². The van der Waals surface area contributed by atoms with E-state index in [0.29, 0.717) is 25.3 Å². The number of nitrogens with zero attached hydrogens (tertiary/aromatic N) is 2. The Balaban J connectivity index is 1.81. The number of amides is 1. The van der Waals surface area contributed by atoms with Crippen LogP contribution < -0.4 is 9.46 Å². The number of nitrogens with one attached hydrogen (secondary N) is 1. The lowest BCUT2D eigenvalue weighted by Gasteiger charge is -2.19. The molecule has 0 saturated carbocycles. The van der Waals surface area contributed by atoms with Crippen molar-refractivity contribution in [2.75, 3.05) is 33.8 Å². The molecule has 7 nitrogen and oxygen atoms in total. The van der Waals surface area contributed by atoms with E-state index in [0.717, 1.165) is 4.31 Å². The molecule has 1 atom stereocenters.